The van der Waals surface area contributed by atoms with Crippen molar-refractivity contribution in [2.24, 2.45) is 7.05 Å². The summed E-state index contributed by atoms with van der Waals surface area (Å²) in [6, 6.07) is 10.5. The van der Waals surface area contributed by atoms with E-state index in [2.05, 4.69) is 10.9 Å². The van der Waals surface area contributed by atoms with Crippen molar-refractivity contribution >= 4 is 17.7 Å². The first-order valence-corrected chi connectivity index (χ1v) is 8.13. The highest BCUT2D eigenvalue weighted by atomic mass is 16.2. The molecule has 0 unspecified atom stereocenters. The van der Waals surface area contributed by atoms with Crippen LogP contribution in [0.15, 0.2) is 42.6 Å². The van der Waals surface area contributed by atoms with Crippen LogP contribution in [-0.2, 0) is 18.4 Å². The van der Waals surface area contributed by atoms with E-state index in [1.54, 1.807) is 53.0 Å². The molecule has 2 heterocycles. The fourth-order valence-corrected chi connectivity index (χ4v) is 2.85. The molecule has 2 N–H and O–H groups in total. The quantitative estimate of drug-likeness (QED) is 0.821. The first-order chi connectivity index (χ1) is 12.0. The number of carbonyl (C=O) groups excluding carboxylic acids is 3. The third-order valence-corrected chi connectivity index (χ3v) is 4.20. The van der Waals surface area contributed by atoms with Crippen molar-refractivity contribution in [1.29, 1.82) is 0 Å². The molecule has 25 heavy (non-hydrogen) atoms. The number of aromatic nitrogens is 1. The van der Waals surface area contributed by atoms with E-state index in [9.17, 15) is 14.4 Å². The van der Waals surface area contributed by atoms with Gasteiger partial charge in [0.15, 0.2) is 0 Å². The van der Waals surface area contributed by atoms with Crippen LogP contribution in [0.4, 0.5) is 0 Å². The summed E-state index contributed by atoms with van der Waals surface area (Å²) in [5.41, 5.74) is 6.57. The first kappa shape index (κ1) is 16.8. The van der Waals surface area contributed by atoms with Gasteiger partial charge in [0.2, 0.25) is 5.91 Å². The summed E-state index contributed by atoms with van der Waals surface area (Å²) in [5.74, 6) is -0.651. The Balaban J connectivity index is 1.60. The van der Waals surface area contributed by atoms with Crippen molar-refractivity contribution in [3.8, 4) is 0 Å². The van der Waals surface area contributed by atoms with Gasteiger partial charge in [-0.1, -0.05) is 12.1 Å². The summed E-state index contributed by atoms with van der Waals surface area (Å²) in [4.78, 5) is 37.7. The number of hydrogen-bond donors (Lipinski definition) is 2. The summed E-state index contributed by atoms with van der Waals surface area (Å²) in [6.45, 7) is 1.25. The smallest absolute Gasteiger partial charge is 0.286 e. The highest BCUT2D eigenvalue weighted by molar-refractivity contribution is 5.98. The second-order valence-corrected chi connectivity index (χ2v) is 6.03. The van der Waals surface area contributed by atoms with E-state index < -0.39 is 5.91 Å². The molecule has 0 saturated carbocycles. The summed E-state index contributed by atoms with van der Waals surface area (Å²) in [7, 11) is 1.75. The first-order valence-electron chi connectivity index (χ1n) is 8.13. The van der Waals surface area contributed by atoms with Crippen molar-refractivity contribution < 1.29 is 14.4 Å². The number of hydrogen-bond acceptors (Lipinski definition) is 3. The van der Waals surface area contributed by atoms with Crippen LogP contribution in [0.1, 0.15) is 39.3 Å². The van der Waals surface area contributed by atoms with Crippen LogP contribution in [0.3, 0.4) is 0 Å². The largest absolute Gasteiger partial charge is 0.347 e. The molecule has 1 fully saturated rings. The van der Waals surface area contributed by atoms with Crippen molar-refractivity contribution in [1.82, 2.24) is 20.3 Å². The maximum Gasteiger partial charge on any atom is 0.286 e. The summed E-state index contributed by atoms with van der Waals surface area (Å²) in [5, 5.41) is 0. The zero-order valence-corrected chi connectivity index (χ0v) is 14.0. The fraction of sp³-hybridized carbons (Fsp3) is 0.278. The number of benzene rings is 1. The third kappa shape index (κ3) is 3.88. The standard InChI is InChI=1S/C18H20N4O3/c1-21-9-3-7-15(21)18(25)20-19-17(24)14-6-2-5-13(11-14)12-22-10-4-8-16(22)23/h2-3,5-7,9,11H,4,8,10,12H2,1H3,(H,19,24)(H,20,25). The zero-order chi connectivity index (χ0) is 17.8. The number of aryl methyl sites for hydroxylation is 1. The van der Waals surface area contributed by atoms with Crippen LogP contribution >= 0.6 is 0 Å². The molecule has 0 aliphatic carbocycles. The van der Waals surface area contributed by atoms with Gasteiger partial charge in [-0.15, -0.1) is 0 Å². The Bertz CT molecular complexity index is 812. The molecule has 1 aromatic carbocycles. The average Bonchev–Trinajstić information content (AvgIpc) is 3.21. The summed E-state index contributed by atoms with van der Waals surface area (Å²) in [6.07, 6.45) is 3.22. The monoisotopic (exact) mass is 340 g/mol. The van der Waals surface area contributed by atoms with E-state index in [-0.39, 0.29) is 11.8 Å². The number of rotatable bonds is 4. The van der Waals surface area contributed by atoms with Gasteiger partial charge in [0.05, 0.1) is 0 Å². The minimum absolute atomic E-state index is 0.143. The van der Waals surface area contributed by atoms with Gasteiger partial charge >= 0.3 is 0 Å². The molecule has 1 saturated heterocycles. The van der Waals surface area contributed by atoms with E-state index in [1.807, 2.05) is 6.07 Å². The second kappa shape index (κ2) is 7.21. The number of likely N-dealkylation sites (tertiary alicyclic amines) is 1. The molecule has 1 aliphatic rings. The van der Waals surface area contributed by atoms with Gasteiger partial charge in [0, 0.05) is 38.3 Å². The van der Waals surface area contributed by atoms with Crippen LogP contribution in [0, 0.1) is 0 Å². The van der Waals surface area contributed by atoms with Crippen LogP contribution in [0.5, 0.6) is 0 Å². The van der Waals surface area contributed by atoms with E-state index in [4.69, 9.17) is 0 Å². The van der Waals surface area contributed by atoms with E-state index in [0.29, 0.717) is 24.2 Å². The molecule has 7 heteroatoms. The Kier molecular flexibility index (Phi) is 4.83. The van der Waals surface area contributed by atoms with Gasteiger partial charge in [-0.2, -0.15) is 0 Å². The van der Waals surface area contributed by atoms with Crippen molar-refractivity contribution in [3.05, 3.63) is 59.4 Å². The number of nitrogens with one attached hydrogen (secondary N) is 2. The van der Waals surface area contributed by atoms with Gasteiger partial charge in [0.1, 0.15) is 5.69 Å². The van der Waals surface area contributed by atoms with Crippen LogP contribution in [-0.4, -0.2) is 33.7 Å². The van der Waals surface area contributed by atoms with Crippen LogP contribution in [0.2, 0.25) is 0 Å². The molecule has 2 aromatic rings. The third-order valence-electron chi connectivity index (χ3n) is 4.20. The molecule has 0 bridgehead atoms. The maximum atomic E-state index is 12.2. The number of nitrogens with zero attached hydrogens (tertiary/aromatic N) is 2. The molecule has 1 aliphatic heterocycles. The van der Waals surface area contributed by atoms with E-state index in [1.165, 1.54) is 0 Å². The minimum Gasteiger partial charge on any atom is -0.347 e. The molecule has 0 spiro atoms. The average molecular weight is 340 g/mol. The molecule has 0 atom stereocenters. The molecule has 1 aromatic heterocycles. The number of hydrazine groups is 1. The van der Waals surface area contributed by atoms with E-state index in [0.717, 1.165) is 18.5 Å². The maximum absolute atomic E-state index is 12.2. The zero-order valence-electron chi connectivity index (χ0n) is 14.0. The van der Waals surface area contributed by atoms with Crippen LogP contribution in [0.25, 0.3) is 0 Å². The lowest BCUT2D eigenvalue weighted by Crippen LogP contribution is -2.42. The number of carbonyl (C=O) groups is 3. The lowest BCUT2D eigenvalue weighted by atomic mass is 10.1. The Morgan fingerprint density at radius 2 is 1.92 bits per heavy atom. The topological polar surface area (TPSA) is 83.4 Å². The summed E-state index contributed by atoms with van der Waals surface area (Å²) < 4.78 is 1.66. The van der Waals surface area contributed by atoms with Gasteiger partial charge in [0.25, 0.3) is 11.8 Å². The Labute approximate surface area is 145 Å². The molecule has 7 nitrogen and oxygen atoms in total. The molecule has 0 radical (unpaired) electrons. The van der Waals surface area contributed by atoms with Gasteiger partial charge in [-0.3, -0.25) is 25.2 Å². The summed E-state index contributed by atoms with van der Waals surface area (Å²) >= 11 is 0. The molecule has 3 rings (SSSR count). The lowest BCUT2D eigenvalue weighted by Gasteiger charge is -2.16. The SMILES string of the molecule is Cn1cccc1C(=O)NNC(=O)c1cccc(CN2CCCC2=O)c1. The Hall–Kier alpha value is -3.09. The molecule has 130 valence electrons. The highest BCUT2D eigenvalue weighted by Crippen LogP contribution is 2.15. The fourth-order valence-electron chi connectivity index (χ4n) is 2.85. The van der Waals surface area contributed by atoms with Crippen molar-refractivity contribution in [2.75, 3.05) is 6.54 Å². The van der Waals surface area contributed by atoms with Gasteiger partial charge in [-0.05, 0) is 36.2 Å². The van der Waals surface area contributed by atoms with Gasteiger partial charge in [-0.25, -0.2) is 0 Å². The highest BCUT2D eigenvalue weighted by Gasteiger charge is 2.20. The van der Waals surface area contributed by atoms with Crippen molar-refractivity contribution in [2.45, 2.75) is 19.4 Å². The molecule has 3 amide bonds. The Morgan fingerprint density at radius 1 is 1.12 bits per heavy atom. The van der Waals surface area contributed by atoms with Crippen LogP contribution < -0.4 is 10.9 Å². The predicted octanol–water partition coefficient (Wildman–Crippen LogP) is 1.22. The Morgan fingerprint density at radius 3 is 2.60 bits per heavy atom. The molecular weight excluding hydrogens is 320 g/mol. The predicted molar refractivity (Wildman–Crippen MR) is 91.4 cm³/mol. The number of amides is 3. The molecular formula is C18H20N4O3. The minimum atomic E-state index is -0.405. The van der Waals surface area contributed by atoms with E-state index >= 15 is 0 Å². The van der Waals surface area contributed by atoms with Gasteiger partial charge < -0.3 is 9.47 Å². The normalized spacial score (nSPS) is 13.8. The lowest BCUT2D eigenvalue weighted by molar-refractivity contribution is -0.128. The second-order valence-electron chi connectivity index (χ2n) is 6.03. The van der Waals surface area contributed by atoms with Crippen molar-refractivity contribution in [3.63, 3.8) is 0 Å².